The lowest BCUT2D eigenvalue weighted by molar-refractivity contribution is -0.135. The second-order valence-electron chi connectivity index (χ2n) is 3.39. The van der Waals surface area contributed by atoms with E-state index in [1.807, 2.05) is 0 Å². The number of unbranched alkanes of at least 4 members (excludes halogenated alkanes) is 1. The first-order chi connectivity index (χ1) is 7.90. The van der Waals surface area contributed by atoms with Crippen LogP contribution in [0.2, 0.25) is 0 Å². The molecule has 0 saturated heterocycles. The Morgan fingerprint density at radius 2 is 2.12 bits per heavy atom. The highest BCUT2D eigenvalue weighted by molar-refractivity contribution is 9.10. The van der Waals surface area contributed by atoms with Gasteiger partial charge in [-0.1, -0.05) is 0 Å². The normalized spacial score (nSPS) is 11.5. The number of halogens is 4. The highest BCUT2D eigenvalue weighted by Gasteiger charge is 2.25. The molecule has 0 fully saturated rings. The molecule has 0 aliphatic rings. The molecule has 1 rings (SSSR count). The van der Waals surface area contributed by atoms with Gasteiger partial charge >= 0.3 is 6.18 Å². The first kappa shape index (κ1) is 14.0. The smallest absolute Gasteiger partial charge is 0.369 e. The molecule has 0 amide bonds. The van der Waals surface area contributed by atoms with Gasteiger partial charge in [0.1, 0.15) is 10.3 Å². The van der Waals surface area contributed by atoms with Crippen molar-refractivity contribution in [3.63, 3.8) is 0 Å². The maximum atomic E-state index is 11.8. The summed E-state index contributed by atoms with van der Waals surface area (Å²) in [5.74, 6) is 0.334. The van der Waals surface area contributed by atoms with Gasteiger partial charge in [-0.25, -0.2) is 4.98 Å². The van der Waals surface area contributed by atoms with Crippen LogP contribution in [-0.4, -0.2) is 22.7 Å². The summed E-state index contributed by atoms with van der Waals surface area (Å²) in [6, 6.07) is 0. The highest BCUT2D eigenvalue weighted by Crippen LogP contribution is 2.22. The Labute approximate surface area is 104 Å². The van der Waals surface area contributed by atoms with E-state index in [1.165, 1.54) is 6.33 Å². The van der Waals surface area contributed by atoms with Gasteiger partial charge in [0.05, 0.1) is 6.33 Å². The van der Waals surface area contributed by atoms with Crippen LogP contribution in [0.5, 0.6) is 0 Å². The van der Waals surface area contributed by atoms with Gasteiger partial charge in [-0.05, 0) is 28.8 Å². The fraction of sp³-hybridized carbons (Fsp3) is 0.556. The Kier molecular flexibility index (Phi) is 4.98. The maximum Gasteiger partial charge on any atom is 0.389 e. The van der Waals surface area contributed by atoms with E-state index < -0.39 is 12.6 Å². The molecule has 0 spiro atoms. The number of rotatable bonds is 5. The van der Waals surface area contributed by atoms with Crippen molar-refractivity contribution in [2.45, 2.75) is 25.4 Å². The lowest BCUT2D eigenvalue weighted by Crippen LogP contribution is -2.13. The molecule has 0 aliphatic carbocycles. The Bertz CT molecular complexity index is 419. The molecule has 2 N–H and O–H groups in total. The standard InChI is InChI=1S/C9H11BrF3N3O/c10-6-7(15-5-16-8(6)17)14-4-2-1-3-9(11,12)13/h5H,1-4H2,(H2,14,15,16,17). The molecular formula is C9H11BrF3N3O. The zero-order chi connectivity index (χ0) is 12.9. The van der Waals surface area contributed by atoms with E-state index in [0.29, 0.717) is 18.8 Å². The van der Waals surface area contributed by atoms with Crippen LogP contribution >= 0.6 is 15.9 Å². The zero-order valence-corrected chi connectivity index (χ0v) is 10.4. The van der Waals surface area contributed by atoms with Crippen molar-refractivity contribution in [3.8, 4) is 0 Å². The van der Waals surface area contributed by atoms with E-state index in [4.69, 9.17) is 0 Å². The minimum atomic E-state index is -4.11. The van der Waals surface area contributed by atoms with Gasteiger partial charge < -0.3 is 10.3 Å². The molecule has 4 nitrogen and oxygen atoms in total. The van der Waals surface area contributed by atoms with Gasteiger partial charge in [-0.15, -0.1) is 0 Å². The average molecular weight is 314 g/mol. The number of H-pyrrole nitrogens is 1. The van der Waals surface area contributed by atoms with E-state index >= 15 is 0 Å². The van der Waals surface area contributed by atoms with Crippen molar-refractivity contribution in [3.05, 3.63) is 21.2 Å². The summed E-state index contributed by atoms with van der Waals surface area (Å²) < 4.78 is 35.8. The van der Waals surface area contributed by atoms with Gasteiger partial charge in [-0.2, -0.15) is 13.2 Å². The second kappa shape index (κ2) is 6.04. The Balaban J connectivity index is 2.32. The van der Waals surface area contributed by atoms with Crippen LogP contribution in [0.25, 0.3) is 0 Å². The van der Waals surface area contributed by atoms with Crippen molar-refractivity contribution < 1.29 is 13.2 Å². The lowest BCUT2D eigenvalue weighted by atomic mass is 10.2. The van der Waals surface area contributed by atoms with Crippen molar-refractivity contribution in [1.29, 1.82) is 0 Å². The highest BCUT2D eigenvalue weighted by atomic mass is 79.9. The van der Waals surface area contributed by atoms with Crippen molar-refractivity contribution >= 4 is 21.7 Å². The number of aromatic nitrogens is 2. The van der Waals surface area contributed by atoms with Crippen LogP contribution in [0.3, 0.4) is 0 Å². The molecule has 8 heteroatoms. The van der Waals surface area contributed by atoms with Crippen LogP contribution in [0.4, 0.5) is 19.0 Å². The molecule has 0 atom stereocenters. The molecule has 0 bridgehead atoms. The van der Waals surface area contributed by atoms with Crippen LogP contribution in [-0.2, 0) is 0 Å². The molecular weight excluding hydrogens is 303 g/mol. The number of nitrogens with zero attached hydrogens (tertiary/aromatic N) is 1. The number of alkyl halides is 3. The van der Waals surface area contributed by atoms with Crippen LogP contribution < -0.4 is 10.9 Å². The Hall–Kier alpha value is -1.05. The van der Waals surface area contributed by atoms with Gasteiger partial charge in [0.15, 0.2) is 0 Å². The zero-order valence-electron chi connectivity index (χ0n) is 8.77. The first-order valence-corrected chi connectivity index (χ1v) is 5.73. The second-order valence-corrected chi connectivity index (χ2v) is 4.19. The molecule has 1 aromatic heterocycles. The summed E-state index contributed by atoms with van der Waals surface area (Å²) in [6.45, 7) is 0.338. The molecule has 96 valence electrons. The molecule has 17 heavy (non-hydrogen) atoms. The predicted molar refractivity (Wildman–Crippen MR) is 61.0 cm³/mol. The summed E-state index contributed by atoms with van der Waals surface area (Å²) in [5.41, 5.74) is -0.335. The molecule has 0 radical (unpaired) electrons. The van der Waals surface area contributed by atoms with Gasteiger partial charge in [0.2, 0.25) is 0 Å². The minimum absolute atomic E-state index is 0.0529. The number of nitrogens with one attached hydrogen (secondary N) is 2. The lowest BCUT2D eigenvalue weighted by Gasteiger charge is -2.07. The molecule has 0 aromatic carbocycles. The summed E-state index contributed by atoms with van der Waals surface area (Å²) in [7, 11) is 0. The summed E-state index contributed by atoms with van der Waals surface area (Å²) in [6.07, 6.45) is -3.26. The largest absolute Gasteiger partial charge is 0.389 e. The Morgan fingerprint density at radius 3 is 2.76 bits per heavy atom. The van der Waals surface area contributed by atoms with E-state index in [-0.39, 0.29) is 16.5 Å². The number of anilines is 1. The monoisotopic (exact) mass is 313 g/mol. The van der Waals surface area contributed by atoms with Crippen LogP contribution in [0.15, 0.2) is 15.6 Å². The van der Waals surface area contributed by atoms with E-state index in [9.17, 15) is 18.0 Å². The molecule has 0 saturated carbocycles. The van der Waals surface area contributed by atoms with Crippen molar-refractivity contribution in [2.24, 2.45) is 0 Å². The fourth-order valence-electron chi connectivity index (χ4n) is 1.16. The average Bonchev–Trinajstić information content (AvgIpc) is 2.22. The van der Waals surface area contributed by atoms with Crippen molar-refractivity contribution in [2.75, 3.05) is 11.9 Å². The van der Waals surface area contributed by atoms with E-state index in [0.717, 1.165) is 0 Å². The third-order valence-electron chi connectivity index (χ3n) is 1.98. The fourth-order valence-corrected chi connectivity index (χ4v) is 1.52. The number of hydrogen-bond donors (Lipinski definition) is 2. The number of hydrogen-bond acceptors (Lipinski definition) is 3. The van der Waals surface area contributed by atoms with E-state index in [2.05, 4.69) is 31.2 Å². The molecule has 0 unspecified atom stereocenters. The summed E-state index contributed by atoms with van der Waals surface area (Å²) in [5, 5.41) is 2.79. The topological polar surface area (TPSA) is 57.8 Å². The van der Waals surface area contributed by atoms with Gasteiger partial charge in [0, 0.05) is 13.0 Å². The minimum Gasteiger partial charge on any atom is -0.369 e. The first-order valence-electron chi connectivity index (χ1n) is 4.94. The summed E-state index contributed by atoms with van der Waals surface area (Å²) in [4.78, 5) is 17.3. The summed E-state index contributed by atoms with van der Waals surface area (Å²) >= 11 is 3.03. The molecule has 0 aliphatic heterocycles. The third kappa shape index (κ3) is 5.20. The molecule has 1 aromatic rings. The predicted octanol–water partition coefficient (Wildman–Crippen LogP) is 2.68. The van der Waals surface area contributed by atoms with Crippen LogP contribution in [0.1, 0.15) is 19.3 Å². The SMILES string of the molecule is O=c1[nH]cnc(NCCCCC(F)(F)F)c1Br. The third-order valence-corrected chi connectivity index (χ3v) is 2.71. The van der Waals surface area contributed by atoms with Gasteiger partial charge in [0.25, 0.3) is 5.56 Å². The Morgan fingerprint density at radius 1 is 1.41 bits per heavy atom. The molecule has 1 heterocycles. The van der Waals surface area contributed by atoms with Crippen LogP contribution in [0, 0.1) is 0 Å². The number of aromatic amines is 1. The van der Waals surface area contributed by atoms with E-state index in [1.54, 1.807) is 0 Å². The maximum absolute atomic E-state index is 11.8. The van der Waals surface area contributed by atoms with Gasteiger partial charge in [-0.3, -0.25) is 4.79 Å². The van der Waals surface area contributed by atoms with Crippen molar-refractivity contribution in [1.82, 2.24) is 9.97 Å². The quantitative estimate of drug-likeness (QED) is 0.822.